The van der Waals surface area contributed by atoms with Crippen molar-refractivity contribution in [2.45, 2.75) is 33.7 Å². The molecule has 1 nitrogen and oxygen atoms in total. The van der Waals surface area contributed by atoms with Crippen molar-refractivity contribution >= 4 is 30.3 Å². The van der Waals surface area contributed by atoms with Gasteiger partial charge in [0.2, 0.25) is 0 Å². The van der Waals surface area contributed by atoms with Gasteiger partial charge < -0.3 is 0 Å². The Kier molecular flexibility index (Phi) is 9.65. The zero-order chi connectivity index (χ0) is 11.7. The van der Waals surface area contributed by atoms with E-state index in [4.69, 9.17) is 0 Å². The molecule has 0 saturated carbocycles. The van der Waals surface area contributed by atoms with Crippen molar-refractivity contribution in [3.63, 3.8) is 0 Å². The molecular weight excluding hydrogens is 317 g/mol. The maximum Gasteiger partial charge on any atom is 0.0347 e. The van der Waals surface area contributed by atoms with Crippen LogP contribution < -0.4 is 0 Å². The Balaban J connectivity index is 0.000000921. The minimum Gasteiger partial charge on any atom is -0.240 e. The van der Waals surface area contributed by atoms with Gasteiger partial charge in [0, 0.05) is 27.8 Å². The van der Waals surface area contributed by atoms with Gasteiger partial charge in [0.05, 0.1) is 0 Å². The molecule has 15 heavy (non-hydrogen) atoms. The predicted octanol–water partition coefficient (Wildman–Crippen LogP) is 4.71. The third-order valence-corrected chi connectivity index (χ3v) is 4.39. The van der Waals surface area contributed by atoms with E-state index >= 15 is 0 Å². The molecule has 0 radical (unpaired) electrons. The lowest BCUT2D eigenvalue weighted by Gasteiger charge is -2.13. The van der Waals surface area contributed by atoms with Crippen LogP contribution in [0.2, 0.25) is 0 Å². The second kappa shape index (κ2) is 9.48. The Morgan fingerprint density at radius 2 is 1.73 bits per heavy atom. The second-order valence-electron chi connectivity index (χ2n) is 2.98. The molecule has 0 aliphatic carbocycles. The number of hydrogen-bond donors (Lipinski definition) is 0. The summed E-state index contributed by atoms with van der Waals surface area (Å²) in [7, 11) is 3.86. The quantitative estimate of drug-likeness (QED) is 0.578. The van der Waals surface area contributed by atoms with Crippen LogP contribution >= 0.6 is 30.3 Å². The first-order valence-electron chi connectivity index (χ1n) is 5.34. The lowest BCUT2D eigenvalue weighted by atomic mass is 10.1. The van der Waals surface area contributed by atoms with Gasteiger partial charge in [-0.3, -0.25) is 0 Å². The van der Waals surface area contributed by atoms with Crippen molar-refractivity contribution in [1.82, 2.24) is 4.31 Å². The van der Waals surface area contributed by atoms with E-state index in [0.29, 0.717) is 0 Å². The van der Waals surface area contributed by atoms with E-state index in [0.717, 1.165) is 13.0 Å². The highest BCUT2D eigenvalue weighted by atomic mass is 127. The maximum atomic E-state index is 2.31. The van der Waals surface area contributed by atoms with Crippen LogP contribution in [0.4, 0.5) is 0 Å². The number of hydrogen-bond acceptors (Lipinski definition) is 2. The molecule has 0 amide bonds. The minimum absolute atomic E-state index is 1.03. The Morgan fingerprint density at radius 3 is 2.20 bits per heavy atom. The molecule has 0 N–H and O–H groups in total. The third kappa shape index (κ3) is 5.78. The van der Waals surface area contributed by atoms with E-state index in [1.165, 1.54) is 11.1 Å². The Bertz CT molecular complexity index is 266. The molecule has 0 unspecified atom stereocenters. The molecule has 0 aliphatic heterocycles. The van der Waals surface area contributed by atoms with Crippen LogP contribution in [-0.2, 0) is 13.0 Å². The molecule has 0 aliphatic rings. The van der Waals surface area contributed by atoms with Crippen LogP contribution in [0.15, 0.2) is 24.3 Å². The molecule has 86 valence electrons. The molecule has 0 bridgehead atoms. The number of aryl methyl sites for hydroxylation is 1. The van der Waals surface area contributed by atoms with Gasteiger partial charge in [-0.2, -0.15) is 0 Å². The van der Waals surface area contributed by atoms with Gasteiger partial charge in [0.25, 0.3) is 0 Å². The van der Waals surface area contributed by atoms with Crippen molar-refractivity contribution in [1.29, 1.82) is 0 Å². The van der Waals surface area contributed by atoms with Crippen LogP contribution in [-0.4, -0.2) is 11.4 Å². The summed E-state index contributed by atoms with van der Waals surface area (Å²) in [5.74, 6) is 0. The maximum absolute atomic E-state index is 2.31. The highest BCUT2D eigenvalue weighted by molar-refractivity contribution is 14.2. The molecular formula is C12H20INS. The SMILES string of the molecule is CC.CCc1ccccc1CN(C)SI. The van der Waals surface area contributed by atoms with Gasteiger partial charge in [0.1, 0.15) is 0 Å². The van der Waals surface area contributed by atoms with Crippen LogP contribution in [0, 0.1) is 0 Å². The minimum atomic E-state index is 1.03. The summed E-state index contributed by atoms with van der Waals surface area (Å²) in [5, 5.41) is 0. The van der Waals surface area contributed by atoms with Crippen LogP contribution in [0.1, 0.15) is 31.9 Å². The molecule has 0 atom stereocenters. The summed E-state index contributed by atoms with van der Waals surface area (Å²) >= 11 is 2.31. The molecule has 1 aromatic carbocycles. The van der Waals surface area contributed by atoms with E-state index in [1.807, 2.05) is 13.8 Å². The summed E-state index contributed by atoms with van der Waals surface area (Å²) in [6.07, 6.45) is 1.12. The first-order chi connectivity index (χ1) is 7.27. The fraction of sp³-hybridized carbons (Fsp3) is 0.500. The van der Waals surface area contributed by atoms with Gasteiger partial charge >= 0.3 is 0 Å². The van der Waals surface area contributed by atoms with E-state index in [9.17, 15) is 0 Å². The van der Waals surface area contributed by atoms with Crippen LogP contribution in [0.25, 0.3) is 0 Å². The molecule has 0 saturated heterocycles. The third-order valence-electron chi connectivity index (χ3n) is 2.01. The van der Waals surface area contributed by atoms with Crippen LogP contribution in [0.5, 0.6) is 0 Å². The van der Waals surface area contributed by atoms with Crippen molar-refractivity contribution in [3.05, 3.63) is 35.4 Å². The second-order valence-corrected chi connectivity index (χ2v) is 4.92. The zero-order valence-corrected chi connectivity index (χ0v) is 12.9. The first-order valence-corrected chi connectivity index (χ1v) is 8.66. The molecule has 3 heteroatoms. The van der Waals surface area contributed by atoms with Crippen molar-refractivity contribution in [2.24, 2.45) is 0 Å². The van der Waals surface area contributed by atoms with Gasteiger partial charge in [0.15, 0.2) is 0 Å². The fourth-order valence-electron chi connectivity index (χ4n) is 1.32. The summed E-state index contributed by atoms with van der Waals surface area (Å²) < 4.78 is 2.23. The average Bonchev–Trinajstić information content (AvgIpc) is 2.32. The van der Waals surface area contributed by atoms with Crippen molar-refractivity contribution < 1.29 is 0 Å². The summed E-state index contributed by atoms with van der Waals surface area (Å²) in [6, 6.07) is 8.64. The van der Waals surface area contributed by atoms with Crippen LogP contribution in [0.3, 0.4) is 0 Å². The highest BCUT2D eigenvalue weighted by Crippen LogP contribution is 2.20. The molecule has 0 heterocycles. The smallest absolute Gasteiger partial charge is 0.0347 e. The largest absolute Gasteiger partial charge is 0.240 e. The number of rotatable bonds is 4. The highest BCUT2D eigenvalue weighted by Gasteiger charge is 2.02. The van der Waals surface area contributed by atoms with E-state index in [-0.39, 0.29) is 0 Å². The summed E-state index contributed by atoms with van der Waals surface area (Å²) in [4.78, 5) is 0. The zero-order valence-electron chi connectivity index (χ0n) is 9.96. The van der Waals surface area contributed by atoms with E-state index in [2.05, 4.69) is 63.7 Å². The number of benzene rings is 1. The Hall–Kier alpha value is 0.260. The standard InChI is InChI=1S/C10H14INS.C2H6/c1-3-9-6-4-5-7-10(9)8-12(2)13-11;1-2/h4-7H,3,8H2,1-2H3;1-2H3. The summed E-state index contributed by atoms with van der Waals surface area (Å²) in [6.45, 7) is 7.23. The number of nitrogens with zero attached hydrogens (tertiary/aromatic N) is 1. The molecule has 1 rings (SSSR count). The first kappa shape index (κ1) is 15.3. The van der Waals surface area contributed by atoms with Gasteiger partial charge in [-0.25, -0.2) is 4.31 Å². The molecule has 0 fully saturated rings. The normalized spacial score (nSPS) is 9.73. The molecule has 0 spiro atoms. The van der Waals surface area contributed by atoms with E-state index < -0.39 is 0 Å². The molecule has 0 aromatic heterocycles. The topological polar surface area (TPSA) is 3.24 Å². The van der Waals surface area contributed by atoms with Gasteiger partial charge in [-0.1, -0.05) is 45.0 Å². The lowest BCUT2D eigenvalue weighted by Crippen LogP contribution is -2.07. The monoisotopic (exact) mass is 337 g/mol. The Labute approximate surface area is 110 Å². The predicted molar refractivity (Wildman–Crippen MR) is 80.2 cm³/mol. The van der Waals surface area contributed by atoms with Gasteiger partial charge in [-0.05, 0) is 33.7 Å². The van der Waals surface area contributed by atoms with E-state index in [1.54, 1.807) is 9.12 Å². The van der Waals surface area contributed by atoms with Crippen molar-refractivity contribution in [2.75, 3.05) is 7.05 Å². The number of halogens is 1. The Morgan fingerprint density at radius 1 is 1.20 bits per heavy atom. The lowest BCUT2D eigenvalue weighted by molar-refractivity contribution is 0.568. The summed E-state index contributed by atoms with van der Waals surface area (Å²) in [5.41, 5.74) is 2.90. The fourth-order valence-corrected chi connectivity index (χ4v) is 1.93. The molecule has 1 aromatic rings. The van der Waals surface area contributed by atoms with Gasteiger partial charge in [-0.15, -0.1) is 0 Å². The average molecular weight is 337 g/mol. The van der Waals surface area contributed by atoms with Crippen molar-refractivity contribution in [3.8, 4) is 0 Å².